The number of amides is 2. The molecule has 1 saturated heterocycles. The van der Waals surface area contributed by atoms with Crippen LogP contribution in [0.2, 0.25) is 0 Å². The summed E-state index contributed by atoms with van der Waals surface area (Å²) in [6, 6.07) is 18.2. The van der Waals surface area contributed by atoms with Crippen molar-refractivity contribution in [3.8, 4) is 5.75 Å². The van der Waals surface area contributed by atoms with E-state index < -0.39 is 17.2 Å². The number of nitrogens with two attached hydrogens (primary N) is 2. The number of pyridine rings is 1. The van der Waals surface area contributed by atoms with Crippen molar-refractivity contribution in [2.75, 3.05) is 71.8 Å². The number of rotatable bonds is 24. The number of likely N-dealkylation sites (tertiary alicyclic amines) is 1. The minimum absolute atomic E-state index is 0.238. The predicted molar refractivity (Wildman–Crippen MR) is 237 cm³/mol. The van der Waals surface area contributed by atoms with E-state index in [4.69, 9.17) is 34.8 Å². The van der Waals surface area contributed by atoms with E-state index in [1.54, 1.807) is 41.6 Å². The van der Waals surface area contributed by atoms with Crippen molar-refractivity contribution in [3.63, 3.8) is 0 Å². The van der Waals surface area contributed by atoms with Crippen LogP contribution >= 0.6 is 0 Å². The molecular formula is C46H66N7O9+. The van der Waals surface area contributed by atoms with E-state index in [1.807, 2.05) is 64.1 Å². The molecule has 1 aromatic heterocycles. The molecule has 338 valence electrons. The van der Waals surface area contributed by atoms with Crippen molar-refractivity contribution < 1.29 is 48.2 Å². The van der Waals surface area contributed by atoms with Gasteiger partial charge in [0.25, 0.3) is 5.91 Å². The van der Waals surface area contributed by atoms with Gasteiger partial charge in [0.2, 0.25) is 5.84 Å². The smallest absolute Gasteiger partial charge is 0.410 e. The summed E-state index contributed by atoms with van der Waals surface area (Å²) < 4.78 is 32.7. The number of hydrogen-bond donors (Lipinski definition) is 4. The Morgan fingerprint density at radius 2 is 1.50 bits per heavy atom. The Labute approximate surface area is 365 Å². The van der Waals surface area contributed by atoms with Crippen molar-refractivity contribution in [2.24, 2.45) is 10.7 Å². The van der Waals surface area contributed by atoms with E-state index in [2.05, 4.69) is 25.3 Å². The molecule has 1 atom stereocenters. The summed E-state index contributed by atoms with van der Waals surface area (Å²) in [6.45, 7) is 11.7. The molecule has 6 N–H and O–H groups in total. The highest BCUT2D eigenvalue weighted by Crippen LogP contribution is 2.30. The van der Waals surface area contributed by atoms with E-state index in [-0.39, 0.29) is 36.0 Å². The zero-order valence-corrected chi connectivity index (χ0v) is 37.0. The molecule has 16 heteroatoms. The lowest BCUT2D eigenvalue weighted by Gasteiger charge is -2.41. The van der Waals surface area contributed by atoms with Crippen LogP contribution in [0.4, 0.5) is 10.5 Å². The van der Waals surface area contributed by atoms with Gasteiger partial charge in [0.05, 0.1) is 64.8 Å². The minimum atomic E-state index is -0.878. The highest BCUT2D eigenvalue weighted by atomic mass is 16.6. The first-order valence-corrected chi connectivity index (χ1v) is 21.4. The van der Waals surface area contributed by atoms with Crippen molar-refractivity contribution in [1.29, 1.82) is 0 Å². The molecule has 3 aromatic rings. The minimum Gasteiger partial charge on any atom is -0.494 e. The molecule has 2 aromatic carbocycles. The van der Waals surface area contributed by atoms with Crippen LogP contribution in [-0.2, 0) is 28.5 Å². The first kappa shape index (κ1) is 49.1. The lowest BCUT2D eigenvalue weighted by atomic mass is 9.85. The molecule has 0 unspecified atom stereocenters. The third-order valence-corrected chi connectivity index (χ3v) is 10.1. The standard InChI is InChI=1S/C46H65N7O9/c1-34(36-12-11-15-39(33-36)61-26-9-7-6-8-25-58-28-30-60-31-29-59-27-18-40(54)57-5)50-42(55)37-13-10-14-38(32-37)52-46(43(48)51-41(47)35-16-21-49-22-17-35)19-23-53(24-20-46)44(56)62-45(2,3)4/h10-17,21-22,32-34,52H,6-9,18-20,23-31H2,1-5H3,(H,50,55)(H3,47,48,51)/p+1/t34-/m1/s1. The number of methoxy groups -OCH3 is 1. The Hall–Kier alpha value is -5.58. The second kappa shape index (κ2) is 25.4. The molecular weight excluding hydrogens is 795 g/mol. The lowest BCUT2D eigenvalue weighted by Crippen LogP contribution is -2.59. The number of carbonyl (C=O) groups excluding carboxylic acids is 3. The lowest BCUT2D eigenvalue weighted by molar-refractivity contribution is -0.142. The molecule has 0 spiro atoms. The Balaban J connectivity index is 1.23. The topological polar surface area (TPSA) is 211 Å². The van der Waals surface area contributed by atoms with Crippen LogP contribution in [0, 0.1) is 0 Å². The van der Waals surface area contributed by atoms with Crippen LogP contribution in [-0.4, -0.2) is 117 Å². The quantitative estimate of drug-likeness (QED) is 0.0412. The number of benzene rings is 2. The van der Waals surface area contributed by atoms with E-state index in [9.17, 15) is 14.4 Å². The normalized spacial score (nSPS) is 14.4. The Morgan fingerprint density at radius 1 is 0.855 bits per heavy atom. The number of piperidine rings is 1. The molecule has 0 aliphatic carbocycles. The number of hydrogen-bond acceptors (Lipinski definition) is 11. The van der Waals surface area contributed by atoms with Gasteiger partial charge in [-0.2, -0.15) is 0 Å². The predicted octanol–water partition coefficient (Wildman–Crippen LogP) is 4.87. The number of carbonyl (C=O) groups is 3. The number of aromatic nitrogens is 1. The van der Waals surface area contributed by atoms with E-state index in [0.29, 0.717) is 89.0 Å². The number of nitrogens with zero attached hydrogens (tertiary/aromatic N) is 3. The second-order valence-electron chi connectivity index (χ2n) is 16.1. The summed E-state index contributed by atoms with van der Waals surface area (Å²) in [4.78, 5) is 47.9. The van der Waals surface area contributed by atoms with Gasteiger partial charge in [-0.05, 0) is 113 Å². The average molecular weight is 861 g/mol. The monoisotopic (exact) mass is 860 g/mol. The first-order valence-electron chi connectivity index (χ1n) is 21.4. The summed E-state index contributed by atoms with van der Waals surface area (Å²) >= 11 is 0. The van der Waals surface area contributed by atoms with Gasteiger partial charge in [-0.25, -0.2) is 4.79 Å². The van der Waals surface area contributed by atoms with Gasteiger partial charge in [0, 0.05) is 43.3 Å². The molecule has 0 saturated carbocycles. The van der Waals surface area contributed by atoms with Crippen molar-refractivity contribution in [3.05, 3.63) is 89.7 Å². The fourth-order valence-electron chi connectivity index (χ4n) is 6.57. The second-order valence-corrected chi connectivity index (χ2v) is 16.1. The van der Waals surface area contributed by atoms with Gasteiger partial charge in [-0.15, -0.1) is 0 Å². The van der Waals surface area contributed by atoms with E-state index in [0.717, 1.165) is 37.0 Å². The Kier molecular flexibility index (Phi) is 20.1. The fourth-order valence-corrected chi connectivity index (χ4v) is 6.57. The summed E-state index contributed by atoms with van der Waals surface area (Å²) in [5.74, 6) is 0.718. The van der Waals surface area contributed by atoms with Crippen LogP contribution in [0.25, 0.3) is 0 Å². The maximum Gasteiger partial charge on any atom is 0.410 e. The molecule has 0 bridgehead atoms. The fraction of sp³-hybridized carbons (Fsp3) is 0.522. The molecule has 1 aliphatic heterocycles. The van der Waals surface area contributed by atoms with E-state index in [1.165, 1.54) is 7.11 Å². The zero-order chi connectivity index (χ0) is 44.8. The van der Waals surface area contributed by atoms with Gasteiger partial charge in [-0.3, -0.25) is 20.0 Å². The van der Waals surface area contributed by atoms with Gasteiger partial charge in [-0.1, -0.05) is 24.6 Å². The Bertz CT molecular complexity index is 1900. The highest BCUT2D eigenvalue weighted by Gasteiger charge is 2.43. The van der Waals surface area contributed by atoms with Crippen molar-refractivity contribution in [2.45, 2.75) is 89.8 Å². The molecule has 0 radical (unpaired) electrons. The van der Waals surface area contributed by atoms with Crippen molar-refractivity contribution in [1.82, 2.24) is 15.2 Å². The van der Waals surface area contributed by atoms with Crippen LogP contribution in [0.15, 0.2) is 78.0 Å². The summed E-state index contributed by atoms with van der Waals surface area (Å²) in [7, 11) is 1.36. The average Bonchev–Trinajstić information content (AvgIpc) is 3.26. The molecule has 2 heterocycles. The zero-order valence-electron chi connectivity index (χ0n) is 37.0. The maximum absolute atomic E-state index is 13.6. The van der Waals surface area contributed by atoms with Crippen LogP contribution in [0.1, 0.15) is 100 Å². The molecule has 4 rings (SSSR count). The largest absolute Gasteiger partial charge is 0.494 e. The van der Waals surface area contributed by atoms with Crippen LogP contribution < -0.4 is 26.5 Å². The van der Waals surface area contributed by atoms with Crippen molar-refractivity contribution >= 4 is 35.3 Å². The Morgan fingerprint density at radius 3 is 2.18 bits per heavy atom. The number of ether oxygens (including phenoxy) is 6. The molecule has 1 fully saturated rings. The number of nitrogens with one attached hydrogen (secondary N) is 2. The first-order chi connectivity index (χ1) is 29.8. The summed E-state index contributed by atoms with van der Waals surface area (Å²) in [5, 5.41) is 13.1. The third-order valence-electron chi connectivity index (χ3n) is 10.1. The highest BCUT2D eigenvalue weighted by molar-refractivity contribution is 6.06. The number of unbranched alkanes of at least 4 members (excludes halogenated alkanes) is 3. The van der Waals surface area contributed by atoms with Gasteiger partial charge in [0.15, 0.2) is 0 Å². The molecule has 2 amide bonds. The maximum atomic E-state index is 13.6. The number of anilines is 1. The van der Waals surface area contributed by atoms with Gasteiger partial charge < -0.3 is 49.7 Å². The van der Waals surface area contributed by atoms with Crippen LogP contribution in [0.3, 0.4) is 0 Å². The van der Waals surface area contributed by atoms with Gasteiger partial charge >= 0.3 is 17.9 Å². The van der Waals surface area contributed by atoms with Crippen LogP contribution in [0.5, 0.6) is 5.75 Å². The number of aliphatic imine (C=N–C) groups is 1. The summed E-state index contributed by atoms with van der Waals surface area (Å²) in [6.07, 6.45) is 7.88. The molecule has 62 heavy (non-hydrogen) atoms. The number of amidine groups is 2. The van der Waals surface area contributed by atoms with E-state index >= 15 is 0 Å². The van der Waals surface area contributed by atoms with Gasteiger partial charge in [0.1, 0.15) is 16.9 Å². The molecule has 16 nitrogen and oxygen atoms in total. The molecule has 1 aliphatic rings. The third kappa shape index (κ3) is 17.1. The summed E-state index contributed by atoms with van der Waals surface area (Å²) in [5.41, 5.74) is 7.98. The number of esters is 1. The SMILES string of the molecule is COC(=O)CCOCCOCCOCCCCCCOc1cccc([C@@H](C)NC(=O)c2cccc(NC3(C(N)=NC(=[NH2+])c4ccncc4)CCN(C(=O)OC(C)(C)C)CC3)c2)c1.